The largest absolute Gasteiger partial charge is 0.485 e. The van der Waals surface area contributed by atoms with E-state index in [2.05, 4.69) is 10.3 Å². The van der Waals surface area contributed by atoms with E-state index in [1.165, 1.54) is 23.1 Å². The van der Waals surface area contributed by atoms with Gasteiger partial charge in [0.2, 0.25) is 5.91 Å². The van der Waals surface area contributed by atoms with Crippen LogP contribution in [0, 0.1) is 5.82 Å². The molecular formula is C26H24FN3O5. The minimum atomic E-state index is -0.457. The summed E-state index contributed by atoms with van der Waals surface area (Å²) in [5, 5.41) is 2.85. The summed E-state index contributed by atoms with van der Waals surface area (Å²) in [5.74, 6) is -0.434. The molecule has 1 aromatic heterocycles. The van der Waals surface area contributed by atoms with Gasteiger partial charge in [-0.1, -0.05) is 6.07 Å². The molecule has 1 N–H and O–H groups in total. The smallest absolute Gasteiger partial charge is 0.265 e. The zero-order valence-corrected chi connectivity index (χ0v) is 18.9. The van der Waals surface area contributed by atoms with Crippen molar-refractivity contribution in [3.05, 3.63) is 83.9 Å². The molecule has 0 saturated heterocycles. The van der Waals surface area contributed by atoms with Crippen LogP contribution in [0.15, 0.2) is 67.0 Å². The number of pyridine rings is 1. The number of anilines is 1. The lowest BCUT2D eigenvalue weighted by Gasteiger charge is -2.29. The van der Waals surface area contributed by atoms with Gasteiger partial charge >= 0.3 is 0 Å². The standard InChI is InChI=1S/C26H24FN3O5/c27-20-3-1-4-21(14-20)34-16-23(31)19-6-7-24-22(13-19)30(26(33)17-35-24)12-2-5-25(32)29-15-18-8-10-28-11-9-18/h1,3-4,6-11,13-14H,2,5,12,15-17H2,(H,29,32). The summed E-state index contributed by atoms with van der Waals surface area (Å²) in [6.07, 6.45) is 4.00. The lowest BCUT2D eigenvalue weighted by atomic mass is 10.1. The number of carbonyl (C=O) groups is 3. The Kier molecular flexibility index (Phi) is 7.67. The average Bonchev–Trinajstić information content (AvgIpc) is 2.87. The van der Waals surface area contributed by atoms with Crippen LogP contribution in [0.25, 0.3) is 0 Å². The number of carbonyl (C=O) groups excluding carboxylic acids is 3. The first-order chi connectivity index (χ1) is 17.0. The number of rotatable bonds is 10. The van der Waals surface area contributed by atoms with E-state index in [0.717, 1.165) is 5.56 Å². The lowest BCUT2D eigenvalue weighted by Crippen LogP contribution is -2.40. The first-order valence-corrected chi connectivity index (χ1v) is 11.1. The molecule has 4 rings (SSSR count). The minimum absolute atomic E-state index is 0.114. The fraction of sp³-hybridized carbons (Fsp3) is 0.231. The predicted molar refractivity (Wildman–Crippen MR) is 126 cm³/mol. The van der Waals surface area contributed by atoms with Crippen LogP contribution < -0.4 is 19.7 Å². The number of ketones is 1. The van der Waals surface area contributed by atoms with Gasteiger partial charge in [-0.2, -0.15) is 0 Å². The number of amides is 2. The molecule has 3 aromatic rings. The number of Topliss-reactive ketones (excluding diaryl/α,β-unsaturated/α-hetero) is 1. The van der Waals surface area contributed by atoms with E-state index in [9.17, 15) is 18.8 Å². The SMILES string of the molecule is O=C(CCCN1C(=O)COc2ccc(C(=O)COc3cccc(F)c3)cc21)NCc1ccncc1. The molecular weight excluding hydrogens is 453 g/mol. The van der Waals surface area contributed by atoms with Crippen molar-refractivity contribution in [3.8, 4) is 11.5 Å². The third-order valence-electron chi connectivity index (χ3n) is 5.41. The predicted octanol–water partition coefficient (Wildman–Crippen LogP) is 3.30. The van der Waals surface area contributed by atoms with E-state index in [1.54, 1.807) is 36.7 Å². The van der Waals surface area contributed by atoms with Gasteiger partial charge in [0, 0.05) is 43.5 Å². The summed E-state index contributed by atoms with van der Waals surface area (Å²) >= 11 is 0. The zero-order chi connectivity index (χ0) is 24.6. The molecule has 2 heterocycles. The Balaban J connectivity index is 1.34. The van der Waals surface area contributed by atoms with E-state index in [4.69, 9.17) is 9.47 Å². The molecule has 0 bridgehead atoms. The van der Waals surface area contributed by atoms with Crippen molar-refractivity contribution in [2.75, 3.05) is 24.7 Å². The van der Waals surface area contributed by atoms with E-state index >= 15 is 0 Å². The Hall–Kier alpha value is -4.27. The van der Waals surface area contributed by atoms with Crippen molar-refractivity contribution in [1.82, 2.24) is 10.3 Å². The number of hydrogen-bond donors (Lipinski definition) is 1. The van der Waals surface area contributed by atoms with Gasteiger partial charge in [0.05, 0.1) is 5.69 Å². The Morgan fingerprint density at radius 3 is 2.74 bits per heavy atom. The van der Waals surface area contributed by atoms with Crippen LogP contribution in [-0.4, -0.2) is 42.3 Å². The highest BCUT2D eigenvalue weighted by molar-refractivity contribution is 6.02. The maximum atomic E-state index is 13.3. The number of fused-ring (bicyclic) bond motifs is 1. The fourth-order valence-corrected chi connectivity index (χ4v) is 3.60. The van der Waals surface area contributed by atoms with E-state index in [-0.39, 0.29) is 43.0 Å². The summed E-state index contributed by atoms with van der Waals surface area (Å²) in [7, 11) is 0. The summed E-state index contributed by atoms with van der Waals surface area (Å²) in [4.78, 5) is 42.8. The van der Waals surface area contributed by atoms with Crippen LogP contribution >= 0.6 is 0 Å². The number of halogens is 1. The summed E-state index contributed by atoms with van der Waals surface area (Å²) in [6.45, 7) is 0.311. The van der Waals surface area contributed by atoms with Crippen LogP contribution in [0.4, 0.5) is 10.1 Å². The third kappa shape index (κ3) is 6.41. The number of ether oxygens (including phenoxy) is 2. The van der Waals surface area contributed by atoms with Crippen LogP contribution in [0.5, 0.6) is 11.5 Å². The number of benzene rings is 2. The number of aromatic nitrogens is 1. The van der Waals surface area contributed by atoms with E-state index in [0.29, 0.717) is 36.5 Å². The molecule has 2 aromatic carbocycles. The molecule has 180 valence electrons. The van der Waals surface area contributed by atoms with Crippen molar-refractivity contribution in [2.45, 2.75) is 19.4 Å². The molecule has 0 unspecified atom stereocenters. The van der Waals surface area contributed by atoms with E-state index in [1.807, 2.05) is 12.1 Å². The second-order valence-corrected chi connectivity index (χ2v) is 7.92. The Morgan fingerprint density at radius 1 is 1.11 bits per heavy atom. The Labute approximate surface area is 201 Å². The molecule has 0 radical (unpaired) electrons. The molecule has 2 amide bonds. The van der Waals surface area contributed by atoms with Crippen molar-refractivity contribution in [1.29, 1.82) is 0 Å². The normalized spacial score (nSPS) is 12.5. The van der Waals surface area contributed by atoms with Crippen LogP contribution in [-0.2, 0) is 16.1 Å². The number of nitrogens with one attached hydrogen (secondary N) is 1. The highest BCUT2D eigenvalue weighted by Gasteiger charge is 2.26. The van der Waals surface area contributed by atoms with Gasteiger partial charge in [-0.3, -0.25) is 19.4 Å². The quantitative estimate of drug-likeness (QED) is 0.450. The number of hydrogen-bond acceptors (Lipinski definition) is 6. The summed E-state index contributed by atoms with van der Waals surface area (Å²) < 4.78 is 24.2. The second-order valence-electron chi connectivity index (χ2n) is 7.92. The number of nitrogens with zero attached hydrogens (tertiary/aromatic N) is 2. The maximum Gasteiger partial charge on any atom is 0.265 e. The third-order valence-corrected chi connectivity index (χ3v) is 5.41. The van der Waals surface area contributed by atoms with Gasteiger partial charge in [-0.05, 0) is 54.4 Å². The van der Waals surface area contributed by atoms with Crippen molar-refractivity contribution >= 4 is 23.3 Å². The zero-order valence-electron chi connectivity index (χ0n) is 18.9. The summed E-state index contributed by atoms with van der Waals surface area (Å²) in [5.41, 5.74) is 1.75. The van der Waals surface area contributed by atoms with Gasteiger partial charge < -0.3 is 19.7 Å². The average molecular weight is 477 g/mol. The monoisotopic (exact) mass is 477 g/mol. The highest BCUT2D eigenvalue weighted by Crippen LogP contribution is 2.33. The van der Waals surface area contributed by atoms with Gasteiger partial charge in [-0.15, -0.1) is 0 Å². The molecule has 0 saturated carbocycles. The van der Waals surface area contributed by atoms with Crippen LogP contribution in [0.3, 0.4) is 0 Å². The molecule has 9 heteroatoms. The van der Waals surface area contributed by atoms with Gasteiger partial charge in [0.25, 0.3) is 5.91 Å². The maximum absolute atomic E-state index is 13.3. The minimum Gasteiger partial charge on any atom is -0.485 e. The van der Waals surface area contributed by atoms with Crippen molar-refractivity contribution < 1.29 is 28.2 Å². The molecule has 1 aliphatic rings. The molecule has 35 heavy (non-hydrogen) atoms. The van der Waals surface area contributed by atoms with Crippen molar-refractivity contribution in [2.24, 2.45) is 0 Å². The van der Waals surface area contributed by atoms with Gasteiger partial charge in [0.15, 0.2) is 19.0 Å². The van der Waals surface area contributed by atoms with Gasteiger partial charge in [-0.25, -0.2) is 4.39 Å². The summed E-state index contributed by atoms with van der Waals surface area (Å²) in [6, 6.07) is 14.0. The van der Waals surface area contributed by atoms with E-state index < -0.39 is 5.82 Å². The fourth-order valence-electron chi connectivity index (χ4n) is 3.60. The Bertz CT molecular complexity index is 1220. The molecule has 0 aliphatic carbocycles. The molecule has 0 fully saturated rings. The molecule has 8 nitrogen and oxygen atoms in total. The highest BCUT2D eigenvalue weighted by atomic mass is 19.1. The van der Waals surface area contributed by atoms with Crippen molar-refractivity contribution in [3.63, 3.8) is 0 Å². The molecule has 0 atom stereocenters. The molecule has 1 aliphatic heterocycles. The Morgan fingerprint density at radius 2 is 1.94 bits per heavy atom. The van der Waals surface area contributed by atoms with Gasteiger partial charge in [0.1, 0.15) is 17.3 Å². The lowest BCUT2D eigenvalue weighted by molar-refractivity contribution is -0.123. The van der Waals surface area contributed by atoms with Crippen LogP contribution in [0.2, 0.25) is 0 Å². The molecule has 0 spiro atoms. The second kappa shape index (κ2) is 11.2. The topological polar surface area (TPSA) is 97.8 Å². The first-order valence-electron chi connectivity index (χ1n) is 11.1. The first kappa shape index (κ1) is 23.9. The van der Waals surface area contributed by atoms with Crippen LogP contribution in [0.1, 0.15) is 28.8 Å².